The maximum Gasteiger partial charge on any atom is 0.0673 e. The van der Waals surface area contributed by atoms with Crippen molar-refractivity contribution in [2.75, 3.05) is 20.1 Å². The van der Waals surface area contributed by atoms with E-state index >= 15 is 0 Å². The smallest absolute Gasteiger partial charge is 0.0673 e. The zero-order valence-electron chi connectivity index (χ0n) is 12.7. The molecule has 21 heavy (non-hydrogen) atoms. The van der Waals surface area contributed by atoms with Crippen LogP contribution >= 0.6 is 11.3 Å². The highest BCUT2D eigenvalue weighted by Gasteiger charge is 2.21. The van der Waals surface area contributed by atoms with Crippen molar-refractivity contribution >= 4 is 11.3 Å². The van der Waals surface area contributed by atoms with Crippen molar-refractivity contribution in [1.29, 1.82) is 0 Å². The van der Waals surface area contributed by atoms with Gasteiger partial charge in [0.15, 0.2) is 0 Å². The second-order valence-corrected chi connectivity index (χ2v) is 6.94. The maximum absolute atomic E-state index is 3.92. The minimum Gasteiger partial charge on any atom is -0.306 e. The molecule has 0 aliphatic carbocycles. The quantitative estimate of drug-likeness (QED) is 0.921. The topological polar surface area (TPSA) is 15.3 Å². The summed E-state index contributed by atoms with van der Waals surface area (Å²) in [5.74, 6) is 0. The van der Waals surface area contributed by atoms with E-state index in [0.717, 1.165) is 0 Å². The molecule has 1 aromatic carbocycles. The van der Waals surface area contributed by atoms with Crippen molar-refractivity contribution in [2.24, 2.45) is 0 Å². The molecule has 2 atom stereocenters. The molecule has 1 fully saturated rings. The summed E-state index contributed by atoms with van der Waals surface area (Å²) < 4.78 is 0. The van der Waals surface area contributed by atoms with Gasteiger partial charge in [0.05, 0.1) is 6.04 Å². The van der Waals surface area contributed by atoms with Crippen molar-refractivity contribution < 1.29 is 0 Å². The third kappa shape index (κ3) is 3.94. The minimum atomic E-state index is 0.333. The summed E-state index contributed by atoms with van der Waals surface area (Å²) in [5.41, 5.74) is 1.37. The van der Waals surface area contributed by atoms with E-state index < -0.39 is 0 Å². The summed E-state index contributed by atoms with van der Waals surface area (Å²) in [5, 5.41) is 6.09. The van der Waals surface area contributed by atoms with E-state index in [4.69, 9.17) is 0 Å². The Balaban J connectivity index is 1.77. The average Bonchev–Trinajstić information content (AvgIpc) is 2.96. The zero-order valence-corrected chi connectivity index (χ0v) is 13.5. The SMILES string of the molecule is CN1CCCC(NC(c2ccccc2)c2cccs2)CC1. The molecule has 2 unspecified atom stereocenters. The number of benzene rings is 1. The third-order valence-electron chi connectivity index (χ3n) is 4.31. The Labute approximate surface area is 131 Å². The number of nitrogens with zero attached hydrogens (tertiary/aromatic N) is 1. The lowest BCUT2D eigenvalue weighted by Gasteiger charge is -2.25. The van der Waals surface area contributed by atoms with Gasteiger partial charge in [-0.1, -0.05) is 36.4 Å². The summed E-state index contributed by atoms with van der Waals surface area (Å²) in [6.07, 6.45) is 3.81. The third-order valence-corrected chi connectivity index (χ3v) is 5.25. The Hall–Kier alpha value is -1.16. The Bertz CT molecular complexity index is 523. The Morgan fingerprint density at radius 2 is 1.95 bits per heavy atom. The van der Waals surface area contributed by atoms with Crippen molar-refractivity contribution in [3.63, 3.8) is 0 Å². The molecule has 0 amide bonds. The van der Waals surface area contributed by atoms with E-state index in [1.165, 1.54) is 42.8 Å². The largest absolute Gasteiger partial charge is 0.306 e. The Kier molecular flexibility index (Phi) is 5.07. The lowest BCUT2D eigenvalue weighted by molar-refractivity contribution is 0.341. The number of hydrogen-bond acceptors (Lipinski definition) is 3. The summed E-state index contributed by atoms with van der Waals surface area (Å²) >= 11 is 1.85. The van der Waals surface area contributed by atoms with Crippen LogP contribution in [0.4, 0.5) is 0 Å². The molecular formula is C18H24N2S. The van der Waals surface area contributed by atoms with Gasteiger partial charge in [-0.05, 0) is 56.4 Å². The van der Waals surface area contributed by atoms with E-state index in [9.17, 15) is 0 Å². The van der Waals surface area contributed by atoms with Gasteiger partial charge in [-0.2, -0.15) is 0 Å². The summed E-state index contributed by atoms with van der Waals surface area (Å²) in [6, 6.07) is 16.2. The Morgan fingerprint density at radius 1 is 1.10 bits per heavy atom. The molecule has 1 aliphatic rings. The molecular weight excluding hydrogens is 276 g/mol. The lowest BCUT2D eigenvalue weighted by Crippen LogP contribution is -2.34. The first-order valence-electron chi connectivity index (χ1n) is 7.86. The van der Waals surface area contributed by atoms with Crippen LogP contribution in [0, 0.1) is 0 Å². The van der Waals surface area contributed by atoms with Gasteiger partial charge in [-0.15, -0.1) is 11.3 Å². The van der Waals surface area contributed by atoms with Gasteiger partial charge in [-0.3, -0.25) is 0 Å². The highest BCUT2D eigenvalue weighted by Crippen LogP contribution is 2.27. The predicted octanol–water partition coefficient (Wildman–Crippen LogP) is 3.91. The normalized spacial score (nSPS) is 21.9. The highest BCUT2D eigenvalue weighted by atomic mass is 32.1. The molecule has 112 valence electrons. The number of rotatable bonds is 4. The van der Waals surface area contributed by atoms with E-state index in [2.05, 4.69) is 65.1 Å². The van der Waals surface area contributed by atoms with Crippen LogP contribution < -0.4 is 5.32 Å². The van der Waals surface area contributed by atoms with Crippen LogP contribution in [0.3, 0.4) is 0 Å². The molecule has 0 saturated carbocycles. The second-order valence-electron chi connectivity index (χ2n) is 5.96. The van der Waals surface area contributed by atoms with Crippen molar-refractivity contribution in [3.05, 3.63) is 58.3 Å². The van der Waals surface area contributed by atoms with Gasteiger partial charge in [0.1, 0.15) is 0 Å². The van der Waals surface area contributed by atoms with E-state index in [-0.39, 0.29) is 0 Å². The summed E-state index contributed by atoms with van der Waals surface area (Å²) in [4.78, 5) is 3.86. The zero-order chi connectivity index (χ0) is 14.5. The molecule has 1 aromatic heterocycles. The van der Waals surface area contributed by atoms with Crippen molar-refractivity contribution in [3.8, 4) is 0 Å². The number of thiophene rings is 1. The minimum absolute atomic E-state index is 0.333. The molecule has 0 spiro atoms. The first-order chi connectivity index (χ1) is 10.3. The van der Waals surface area contributed by atoms with Gasteiger partial charge >= 0.3 is 0 Å². The molecule has 2 nitrogen and oxygen atoms in total. The lowest BCUT2D eigenvalue weighted by atomic mass is 10.0. The molecule has 0 radical (unpaired) electrons. The Morgan fingerprint density at radius 3 is 2.71 bits per heavy atom. The maximum atomic E-state index is 3.92. The molecule has 3 rings (SSSR count). The number of nitrogens with one attached hydrogen (secondary N) is 1. The summed E-state index contributed by atoms with van der Waals surface area (Å²) in [7, 11) is 2.23. The first-order valence-corrected chi connectivity index (χ1v) is 8.74. The molecule has 0 bridgehead atoms. The molecule has 1 saturated heterocycles. The molecule has 2 aromatic rings. The standard InChI is InChI=1S/C18H24N2S/c1-20-12-5-9-16(11-13-20)19-18(17-10-6-14-21-17)15-7-3-2-4-8-15/h2-4,6-8,10,14,16,18-19H,5,9,11-13H2,1H3. The van der Waals surface area contributed by atoms with Gasteiger partial charge in [0, 0.05) is 10.9 Å². The molecule has 1 N–H and O–H groups in total. The number of likely N-dealkylation sites (tertiary alicyclic amines) is 1. The van der Waals surface area contributed by atoms with Crippen LogP contribution in [0.2, 0.25) is 0 Å². The second kappa shape index (κ2) is 7.21. The fraction of sp³-hybridized carbons (Fsp3) is 0.444. The van der Waals surface area contributed by atoms with Crippen molar-refractivity contribution in [2.45, 2.75) is 31.3 Å². The van der Waals surface area contributed by atoms with Gasteiger partial charge in [-0.25, -0.2) is 0 Å². The van der Waals surface area contributed by atoms with Crippen LogP contribution in [0.15, 0.2) is 47.8 Å². The van der Waals surface area contributed by atoms with E-state index in [1.807, 2.05) is 11.3 Å². The molecule has 2 heterocycles. The van der Waals surface area contributed by atoms with Crippen LogP contribution in [0.5, 0.6) is 0 Å². The van der Waals surface area contributed by atoms with Crippen LogP contribution in [-0.4, -0.2) is 31.1 Å². The van der Waals surface area contributed by atoms with Crippen molar-refractivity contribution in [1.82, 2.24) is 10.2 Å². The van der Waals surface area contributed by atoms with Crippen LogP contribution in [-0.2, 0) is 0 Å². The number of hydrogen-bond donors (Lipinski definition) is 1. The van der Waals surface area contributed by atoms with E-state index in [1.54, 1.807) is 0 Å². The average molecular weight is 300 g/mol. The van der Waals surface area contributed by atoms with Gasteiger partial charge in [0.2, 0.25) is 0 Å². The van der Waals surface area contributed by atoms with Crippen LogP contribution in [0.25, 0.3) is 0 Å². The monoisotopic (exact) mass is 300 g/mol. The first kappa shape index (κ1) is 14.8. The summed E-state index contributed by atoms with van der Waals surface area (Å²) in [6.45, 7) is 2.43. The van der Waals surface area contributed by atoms with Gasteiger partial charge in [0.25, 0.3) is 0 Å². The predicted molar refractivity (Wildman–Crippen MR) is 90.9 cm³/mol. The molecule has 1 aliphatic heterocycles. The van der Waals surface area contributed by atoms with E-state index in [0.29, 0.717) is 12.1 Å². The molecule has 3 heteroatoms. The van der Waals surface area contributed by atoms with Gasteiger partial charge < -0.3 is 10.2 Å². The fourth-order valence-corrected chi connectivity index (χ4v) is 3.90. The van der Waals surface area contributed by atoms with Crippen LogP contribution in [0.1, 0.15) is 35.7 Å². The fourth-order valence-electron chi connectivity index (χ4n) is 3.09. The highest BCUT2D eigenvalue weighted by molar-refractivity contribution is 7.10.